The van der Waals surface area contributed by atoms with Crippen LogP contribution >= 0.6 is 11.9 Å². The highest BCUT2D eigenvalue weighted by Crippen LogP contribution is 2.15. The lowest BCUT2D eigenvalue weighted by molar-refractivity contribution is 0.214. The summed E-state index contributed by atoms with van der Waals surface area (Å²) in [5.74, 6) is 5.97. The molecule has 5 heteroatoms. The van der Waals surface area contributed by atoms with Gasteiger partial charge in [-0.05, 0) is 66.8 Å². The van der Waals surface area contributed by atoms with E-state index >= 15 is 0 Å². The van der Waals surface area contributed by atoms with Gasteiger partial charge in [-0.3, -0.25) is 9.71 Å². The predicted molar refractivity (Wildman–Crippen MR) is 90.4 cm³/mol. The molecule has 2 rings (SSSR count). The number of nitrogens with one attached hydrogen (secondary N) is 1. The van der Waals surface area contributed by atoms with Gasteiger partial charge in [-0.2, -0.15) is 0 Å². The molecule has 0 radical (unpaired) electrons. The van der Waals surface area contributed by atoms with Crippen LogP contribution in [0.15, 0.2) is 58.8 Å². The summed E-state index contributed by atoms with van der Waals surface area (Å²) in [6, 6.07) is 12.0. The molecule has 2 aromatic rings. The minimum atomic E-state index is 0.653. The normalized spacial score (nSPS) is 10.7. The van der Waals surface area contributed by atoms with Gasteiger partial charge in [0.05, 0.1) is 0 Å². The number of benzene rings is 1. The molecule has 0 saturated heterocycles. The van der Waals surface area contributed by atoms with Crippen molar-refractivity contribution in [1.82, 2.24) is 9.71 Å². The zero-order valence-corrected chi connectivity index (χ0v) is 13.4. The van der Waals surface area contributed by atoms with Crippen LogP contribution in [0.3, 0.4) is 0 Å². The lowest BCUT2D eigenvalue weighted by atomic mass is 10.2. The number of nitrogens with zero attached hydrogens (tertiary/aromatic N) is 2. The first kappa shape index (κ1) is 16.1. The third-order valence-electron chi connectivity index (χ3n) is 2.69. The average Bonchev–Trinajstić information content (AvgIpc) is 2.55. The average molecular weight is 311 g/mol. The lowest BCUT2D eigenvalue weighted by Crippen LogP contribution is -2.02. The molecule has 0 bridgehead atoms. The van der Waals surface area contributed by atoms with E-state index in [1.54, 1.807) is 24.3 Å². The highest BCUT2D eigenvalue weighted by molar-refractivity contribution is 7.97. The van der Waals surface area contributed by atoms with E-state index in [0.29, 0.717) is 5.71 Å². The van der Waals surface area contributed by atoms with Gasteiger partial charge in [0.2, 0.25) is 0 Å². The summed E-state index contributed by atoms with van der Waals surface area (Å²) in [7, 11) is 1.51. The van der Waals surface area contributed by atoms with Crippen LogP contribution in [0.4, 0.5) is 0 Å². The molecule has 0 spiro atoms. The molecule has 1 heterocycles. The molecule has 22 heavy (non-hydrogen) atoms. The monoisotopic (exact) mass is 311 g/mol. The van der Waals surface area contributed by atoms with E-state index in [2.05, 4.69) is 31.5 Å². The summed E-state index contributed by atoms with van der Waals surface area (Å²) in [6.07, 6.45) is 3.59. The van der Waals surface area contributed by atoms with Gasteiger partial charge in [0.15, 0.2) is 0 Å². The molecule has 0 saturated carbocycles. The Balaban J connectivity index is 1.85. The maximum Gasteiger partial charge on any atom is 0.126 e. The Morgan fingerprint density at radius 2 is 1.95 bits per heavy atom. The molecule has 112 valence electrons. The van der Waals surface area contributed by atoms with E-state index < -0.39 is 0 Å². The van der Waals surface area contributed by atoms with Gasteiger partial charge in [-0.1, -0.05) is 11.1 Å². The smallest absolute Gasteiger partial charge is 0.126 e. The molecule has 1 aromatic carbocycles. The van der Waals surface area contributed by atoms with Gasteiger partial charge in [0, 0.05) is 29.4 Å². The maximum absolute atomic E-state index is 4.66. The largest absolute Gasteiger partial charge is 0.398 e. The molecule has 0 aliphatic rings. The molecule has 4 nitrogen and oxygen atoms in total. The summed E-state index contributed by atoms with van der Waals surface area (Å²) < 4.78 is 3.32. The standard InChI is InChI=1S/C17H17N3OS/c1-14(20-21-2)3-4-15-5-7-17(8-6-15)22-19-13-16-9-11-18-12-10-16/h5-12,19H,13H2,1-2H3/b20-14+. The van der Waals surface area contributed by atoms with Crippen LogP contribution in [-0.4, -0.2) is 17.8 Å². The first-order valence-corrected chi connectivity index (χ1v) is 7.58. The SMILES string of the molecule is CO/N=C(\C)C#Cc1ccc(SNCc2ccncc2)cc1. The van der Waals surface area contributed by atoms with Crippen molar-refractivity contribution in [1.29, 1.82) is 0 Å². The first-order chi connectivity index (χ1) is 10.8. The van der Waals surface area contributed by atoms with Crippen molar-refractivity contribution in [3.8, 4) is 11.8 Å². The second kappa shape index (κ2) is 8.88. The minimum absolute atomic E-state index is 0.653. The van der Waals surface area contributed by atoms with Crippen LogP contribution < -0.4 is 4.72 Å². The van der Waals surface area contributed by atoms with Gasteiger partial charge in [0.1, 0.15) is 12.8 Å². The van der Waals surface area contributed by atoms with E-state index in [1.165, 1.54) is 12.7 Å². The Kier molecular flexibility index (Phi) is 6.49. The van der Waals surface area contributed by atoms with Crippen LogP contribution in [0.2, 0.25) is 0 Å². The van der Waals surface area contributed by atoms with Crippen molar-refractivity contribution in [3.05, 3.63) is 59.9 Å². The molecular weight excluding hydrogens is 294 g/mol. The summed E-state index contributed by atoms with van der Waals surface area (Å²) in [5, 5.41) is 3.75. The van der Waals surface area contributed by atoms with Crippen molar-refractivity contribution in [2.45, 2.75) is 18.4 Å². The van der Waals surface area contributed by atoms with Crippen LogP contribution in [-0.2, 0) is 11.4 Å². The maximum atomic E-state index is 4.66. The number of oxime groups is 1. The van der Waals surface area contributed by atoms with E-state index in [-0.39, 0.29) is 0 Å². The molecule has 1 aromatic heterocycles. The van der Waals surface area contributed by atoms with Crippen molar-refractivity contribution in [3.63, 3.8) is 0 Å². The van der Waals surface area contributed by atoms with Crippen molar-refractivity contribution in [2.24, 2.45) is 5.16 Å². The van der Waals surface area contributed by atoms with E-state index in [4.69, 9.17) is 0 Å². The first-order valence-electron chi connectivity index (χ1n) is 6.76. The number of aromatic nitrogens is 1. The van der Waals surface area contributed by atoms with Crippen molar-refractivity contribution in [2.75, 3.05) is 7.11 Å². The van der Waals surface area contributed by atoms with Crippen LogP contribution in [0.25, 0.3) is 0 Å². The van der Waals surface area contributed by atoms with Crippen LogP contribution in [0.5, 0.6) is 0 Å². The van der Waals surface area contributed by atoms with Crippen molar-refractivity contribution < 1.29 is 4.84 Å². The highest BCUT2D eigenvalue weighted by atomic mass is 32.2. The number of rotatable bonds is 5. The minimum Gasteiger partial charge on any atom is -0.398 e. The van der Waals surface area contributed by atoms with E-state index in [9.17, 15) is 0 Å². The number of hydrogen-bond acceptors (Lipinski definition) is 5. The number of pyridine rings is 1. The highest BCUT2D eigenvalue weighted by Gasteiger charge is 1.95. The lowest BCUT2D eigenvalue weighted by Gasteiger charge is -2.04. The zero-order chi connectivity index (χ0) is 15.6. The molecule has 1 N–H and O–H groups in total. The molecule has 0 amide bonds. The van der Waals surface area contributed by atoms with Crippen LogP contribution in [0, 0.1) is 11.8 Å². The molecule has 0 unspecified atom stereocenters. The Labute approximate surface area is 135 Å². The van der Waals surface area contributed by atoms with Crippen molar-refractivity contribution >= 4 is 17.7 Å². The van der Waals surface area contributed by atoms with E-state index in [0.717, 1.165) is 17.0 Å². The quantitative estimate of drug-likeness (QED) is 0.398. The second-order valence-electron chi connectivity index (χ2n) is 4.41. The molecule has 0 aliphatic heterocycles. The zero-order valence-electron chi connectivity index (χ0n) is 12.5. The molecule has 0 atom stereocenters. The fourth-order valence-corrected chi connectivity index (χ4v) is 2.31. The van der Waals surface area contributed by atoms with Gasteiger partial charge < -0.3 is 4.84 Å². The fraction of sp³-hybridized carbons (Fsp3) is 0.176. The van der Waals surface area contributed by atoms with Gasteiger partial charge in [-0.15, -0.1) is 0 Å². The van der Waals surface area contributed by atoms with Gasteiger partial charge >= 0.3 is 0 Å². The third kappa shape index (κ3) is 5.60. The second-order valence-corrected chi connectivity index (χ2v) is 5.38. The van der Waals surface area contributed by atoms with Gasteiger partial charge in [-0.25, -0.2) is 0 Å². The molecule has 0 fully saturated rings. The summed E-state index contributed by atoms with van der Waals surface area (Å²) in [6.45, 7) is 2.60. The summed E-state index contributed by atoms with van der Waals surface area (Å²) in [4.78, 5) is 9.80. The van der Waals surface area contributed by atoms with Gasteiger partial charge in [0.25, 0.3) is 0 Å². The van der Waals surface area contributed by atoms with Crippen LogP contribution in [0.1, 0.15) is 18.1 Å². The predicted octanol–water partition coefficient (Wildman–Crippen LogP) is 3.25. The Hall–Kier alpha value is -2.29. The topological polar surface area (TPSA) is 46.5 Å². The number of hydrogen-bond donors (Lipinski definition) is 1. The Morgan fingerprint density at radius 1 is 1.23 bits per heavy atom. The summed E-state index contributed by atoms with van der Waals surface area (Å²) >= 11 is 1.59. The Bertz CT molecular complexity index is 673. The third-order valence-corrected chi connectivity index (χ3v) is 3.48. The van der Waals surface area contributed by atoms with E-state index in [1.807, 2.05) is 43.3 Å². The molecule has 0 aliphatic carbocycles. The summed E-state index contributed by atoms with van der Waals surface area (Å²) in [5.41, 5.74) is 2.81. The Morgan fingerprint density at radius 3 is 2.64 bits per heavy atom. The molecular formula is C17H17N3OS. The fourth-order valence-electron chi connectivity index (χ4n) is 1.63.